The van der Waals surface area contributed by atoms with Gasteiger partial charge in [-0.25, -0.2) is 9.78 Å². The summed E-state index contributed by atoms with van der Waals surface area (Å²) in [7, 11) is 0. The number of rotatable bonds is 4. The van der Waals surface area contributed by atoms with Crippen LogP contribution in [-0.4, -0.2) is 22.0 Å². The van der Waals surface area contributed by atoms with E-state index in [1.807, 2.05) is 12.1 Å². The van der Waals surface area contributed by atoms with Crippen molar-refractivity contribution < 1.29 is 14.7 Å². The van der Waals surface area contributed by atoms with Gasteiger partial charge in [0.15, 0.2) is 0 Å². The summed E-state index contributed by atoms with van der Waals surface area (Å²) in [5.41, 5.74) is 0.374. The van der Waals surface area contributed by atoms with Gasteiger partial charge in [0, 0.05) is 11.0 Å². The number of hydrogen-bond donors (Lipinski definition) is 2. The third-order valence-corrected chi connectivity index (χ3v) is 3.83. The molecule has 2 aromatic rings. The lowest BCUT2D eigenvalue weighted by Gasteiger charge is -2.01. The molecule has 102 valence electrons. The lowest BCUT2D eigenvalue weighted by Crippen LogP contribution is -2.08. The van der Waals surface area contributed by atoms with Gasteiger partial charge in [-0.3, -0.25) is 4.79 Å². The number of amides is 1. The molecule has 20 heavy (non-hydrogen) atoms. The molecule has 0 spiro atoms. The number of carboxylic acid groups (broad SMARTS) is 1. The minimum atomic E-state index is -1.11. The zero-order chi connectivity index (χ0) is 14.5. The average molecular weight is 353 g/mol. The van der Waals surface area contributed by atoms with E-state index >= 15 is 0 Å². The fourth-order valence-corrected chi connectivity index (χ4v) is 2.68. The molecule has 0 fully saturated rings. The molecule has 0 aliphatic heterocycles. The first-order valence-electron chi connectivity index (χ1n) is 5.48. The molecule has 0 saturated heterocycles. The Hall–Kier alpha value is -1.99. The molecular formula is C13H9BrN2O3S. The molecule has 2 aromatic heterocycles. The molecule has 0 aromatic carbocycles. The number of hydrogen-bond acceptors (Lipinski definition) is 4. The fraction of sp³-hybridized carbons (Fsp3) is 0. The first-order chi connectivity index (χ1) is 9.54. The quantitative estimate of drug-likeness (QED) is 0.827. The summed E-state index contributed by atoms with van der Waals surface area (Å²) >= 11 is 4.85. The summed E-state index contributed by atoms with van der Waals surface area (Å²) in [6.07, 6.45) is 4.41. The number of carbonyl (C=O) groups excluding carboxylic acids is 1. The summed E-state index contributed by atoms with van der Waals surface area (Å²) in [5.74, 6) is -1.41. The van der Waals surface area contributed by atoms with Crippen LogP contribution in [0.3, 0.4) is 0 Å². The number of nitrogens with zero attached hydrogens (tertiary/aromatic N) is 1. The number of halogens is 1. The van der Waals surface area contributed by atoms with Crippen LogP contribution in [0.4, 0.5) is 5.69 Å². The molecule has 0 radical (unpaired) electrons. The lowest BCUT2D eigenvalue weighted by atomic mass is 10.3. The minimum absolute atomic E-state index is 0.0676. The summed E-state index contributed by atoms with van der Waals surface area (Å²) < 4.78 is 0.992. The van der Waals surface area contributed by atoms with Gasteiger partial charge in [-0.05, 0) is 46.3 Å². The molecule has 2 N–H and O–H groups in total. The normalized spacial score (nSPS) is 10.7. The van der Waals surface area contributed by atoms with Crippen LogP contribution in [-0.2, 0) is 4.79 Å². The monoisotopic (exact) mass is 352 g/mol. The smallest absolute Gasteiger partial charge is 0.354 e. The molecule has 0 unspecified atom stereocenters. The second-order valence-electron chi connectivity index (χ2n) is 3.70. The third kappa shape index (κ3) is 4.01. The number of nitrogens with one attached hydrogen (secondary N) is 1. The predicted molar refractivity (Wildman–Crippen MR) is 80.9 cm³/mol. The molecule has 0 atom stereocenters. The Balaban J connectivity index is 1.97. The Labute approximate surface area is 127 Å². The summed E-state index contributed by atoms with van der Waals surface area (Å²) in [4.78, 5) is 27.0. The molecule has 0 aliphatic carbocycles. The van der Waals surface area contributed by atoms with Crippen molar-refractivity contribution >= 4 is 50.9 Å². The van der Waals surface area contributed by atoms with Gasteiger partial charge in [-0.2, -0.15) is 0 Å². The third-order valence-electron chi connectivity index (χ3n) is 2.24. The Morgan fingerprint density at radius 3 is 2.65 bits per heavy atom. The van der Waals surface area contributed by atoms with E-state index in [0.29, 0.717) is 5.69 Å². The van der Waals surface area contributed by atoms with E-state index in [2.05, 4.69) is 26.2 Å². The van der Waals surface area contributed by atoms with Crippen molar-refractivity contribution in [3.8, 4) is 0 Å². The highest BCUT2D eigenvalue weighted by Crippen LogP contribution is 2.22. The molecule has 0 aliphatic rings. The second-order valence-corrected chi connectivity index (χ2v) is 6.20. The van der Waals surface area contributed by atoms with E-state index < -0.39 is 5.97 Å². The number of carbonyl (C=O) groups is 2. The van der Waals surface area contributed by atoms with Crippen LogP contribution in [0.5, 0.6) is 0 Å². The van der Waals surface area contributed by atoms with Gasteiger partial charge in [0.25, 0.3) is 0 Å². The van der Waals surface area contributed by atoms with Gasteiger partial charge >= 0.3 is 5.97 Å². The Morgan fingerprint density at radius 2 is 2.10 bits per heavy atom. The number of anilines is 1. The number of thiophene rings is 1. The van der Waals surface area contributed by atoms with Crippen molar-refractivity contribution in [2.75, 3.05) is 5.32 Å². The number of carboxylic acids is 1. The number of aromatic nitrogens is 1. The highest BCUT2D eigenvalue weighted by molar-refractivity contribution is 9.11. The Morgan fingerprint density at radius 1 is 1.30 bits per heavy atom. The van der Waals surface area contributed by atoms with E-state index in [1.54, 1.807) is 6.08 Å². The first kappa shape index (κ1) is 14.4. The predicted octanol–water partition coefficient (Wildman–Crippen LogP) is 3.26. The zero-order valence-electron chi connectivity index (χ0n) is 10.0. The van der Waals surface area contributed by atoms with Gasteiger partial charge in [-0.15, -0.1) is 11.3 Å². The molecule has 7 heteroatoms. The standard InChI is InChI=1S/C13H9BrN2O3S/c14-11-5-2-9(20-11)3-6-12(17)16-8-1-4-10(13(18)19)15-7-8/h1-7H,(H,16,17)(H,18,19)/b6-3+. The molecule has 2 heterocycles. The molecule has 5 nitrogen and oxygen atoms in total. The SMILES string of the molecule is O=C(/C=C/c1ccc(Br)s1)Nc1ccc(C(=O)O)nc1. The van der Waals surface area contributed by atoms with Crippen molar-refractivity contribution in [2.24, 2.45) is 0 Å². The van der Waals surface area contributed by atoms with Crippen LogP contribution in [0.1, 0.15) is 15.4 Å². The van der Waals surface area contributed by atoms with Crippen LogP contribution in [0.25, 0.3) is 6.08 Å². The van der Waals surface area contributed by atoms with Crippen molar-refractivity contribution in [3.05, 3.63) is 50.9 Å². The Bertz CT molecular complexity index is 665. The van der Waals surface area contributed by atoms with E-state index in [4.69, 9.17) is 5.11 Å². The molecule has 1 amide bonds. The van der Waals surface area contributed by atoms with Gasteiger partial charge in [0.2, 0.25) is 5.91 Å². The lowest BCUT2D eigenvalue weighted by molar-refractivity contribution is -0.111. The number of pyridine rings is 1. The number of aromatic carboxylic acids is 1. The van der Waals surface area contributed by atoms with Crippen LogP contribution in [0.2, 0.25) is 0 Å². The average Bonchev–Trinajstić information content (AvgIpc) is 2.83. The summed E-state index contributed by atoms with van der Waals surface area (Å²) in [6.45, 7) is 0. The zero-order valence-corrected chi connectivity index (χ0v) is 12.4. The van der Waals surface area contributed by atoms with E-state index in [-0.39, 0.29) is 11.6 Å². The largest absolute Gasteiger partial charge is 0.477 e. The van der Waals surface area contributed by atoms with Crippen LogP contribution in [0.15, 0.2) is 40.3 Å². The maximum Gasteiger partial charge on any atom is 0.354 e. The van der Waals surface area contributed by atoms with Gasteiger partial charge < -0.3 is 10.4 Å². The van der Waals surface area contributed by atoms with E-state index in [1.165, 1.54) is 35.7 Å². The highest BCUT2D eigenvalue weighted by atomic mass is 79.9. The summed E-state index contributed by atoms with van der Waals surface area (Å²) in [5, 5.41) is 11.3. The van der Waals surface area contributed by atoms with Crippen molar-refractivity contribution in [1.82, 2.24) is 4.98 Å². The van der Waals surface area contributed by atoms with Crippen LogP contribution >= 0.6 is 27.3 Å². The second kappa shape index (κ2) is 6.44. The minimum Gasteiger partial charge on any atom is -0.477 e. The highest BCUT2D eigenvalue weighted by Gasteiger charge is 2.04. The van der Waals surface area contributed by atoms with E-state index in [9.17, 15) is 9.59 Å². The van der Waals surface area contributed by atoms with Gasteiger partial charge in [-0.1, -0.05) is 0 Å². The van der Waals surface area contributed by atoms with E-state index in [0.717, 1.165) is 8.66 Å². The topological polar surface area (TPSA) is 79.3 Å². The van der Waals surface area contributed by atoms with Gasteiger partial charge in [0.05, 0.1) is 15.7 Å². The molecule has 0 bridgehead atoms. The van der Waals surface area contributed by atoms with Crippen molar-refractivity contribution in [2.45, 2.75) is 0 Å². The summed E-state index contributed by atoms with van der Waals surface area (Å²) in [6, 6.07) is 6.61. The maximum absolute atomic E-state index is 11.7. The molecule has 2 rings (SSSR count). The van der Waals surface area contributed by atoms with Crippen molar-refractivity contribution in [1.29, 1.82) is 0 Å². The first-order valence-corrected chi connectivity index (χ1v) is 7.09. The molecular weight excluding hydrogens is 344 g/mol. The fourth-order valence-electron chi connectivity index (χ4n) is 1.35. The maximum atomic E-state index is 11.7. The van der Waals surface area contributed by atoms with Crippen LogP contribution in [0, 0.1) is 0 Å². The van der Waals surface area contributed by atoms with Crippen molar-refractivity contribution in [3.63, 3.8) is 0 Å². The molecule has 0 saturated carbocycles. The van der Waals surface area contributed by atoms with Crippen LogP contribution < -0.4 is 5.32 Å². The Kier molecular flexibility index (Phi) is 4.65. The van der Waals surface area contributed by atoms with Gasteiger partial charge in [0.1, 0.15) is 5.69 Å².